The van der Waals surface area contributed by atoms with E-state index in [9.17, 15) is 4.79 Å². The number of halogens is 2. The highest BCUT2D eigenvalue weighted by molar-refractivity contribution is 7.98. The Morgan fingerprint density at radius 3 is 2.81 bits per heavy atom. The maximum atomic E-state index is 13.1. The lowest BCUT2D eigenvalue weighted by Gasteiger charge is -2.14. The molecule has 0 unspecified atom stereocenters. The Labute approximate surface area is 169 Å². The third-order valence-electron chi connectivity index (χ3n) is 4.18. The molecule has 0 fully saturated rings. The summed E-state index contributed by atoms with van der Waals surface area (Å²) in [4.78, 5) is 17.7. The molecule has 2 heterocycles. The fourth-order valence-corrected chi connectivity index (χ4v) is 4.22. The van der Waals surface area contributed by atoms with E-state index in [-0.39, 0.29) is 5.56 Å². The third-order valence-corrected chi connectivity index (χ3v) is 5.77. The third kappa shape index (κ3) is 3.48. The molecule has 0 bridgehead atoms. The van der Waals surface area contributed by atoms with E-state index in [4.69, 9.17) is 23.2 Å². The zero-order valence-electron chi connectivity index (χ0n) is 14.2. The molecule has 1 N–H and O–H groups in total. The van der Waals surface area contributed by atoms with Crippen LogP contribution >= 0.6 is 35.0 Å². The average molecular weight is 417 g/mol. The van der Waals surface area contributed by atoms with Gasteiger partial charge in [-0.05, 0) is 36.2 Å². The first-order valence-electron chi connectivity index (χ1n) is 8.13. The molecule has 4 rings (SSSR count). The van der Waals surface area contributed by atoms with Crippen molar-refractivity contribution in [2.45, 2.75) is 17.8 Å². The molecule has 4 aromatic rings. The van der Waals surface area contributed by atoms with Gasteiger partial charge in [-0.25, -0.2) is 4.98 Å². The summed E-state index contributed by atoms with van der Waals surface area (Å²) in [6.07, 6.45) is 1.49. The van der Waals surface area contributed by atoms with Crippen molar-refractivity contribution in [2.75, 3.05) is 0 Å². The van der Waals surface area contributed by atoms with Gasteiger partial charge in [0, 0.05) is 15.8 Å². The number of fused-ring (bicyclic) bond motifs is 1. The first kappa shape index (κ1) is 18.1. The van der Waals surface area contributed by atoms with Gasteiger partial charge < -0.3 is 0 Å². The molecule has 8 heteroatoms. The van der Waals surface area contributed by atoms with Gasteiger partial charge in [0.2, 0.25) is 0 Å². The molecular formula is C19H14Cl2N4OS. The van der Waals surface area contributed by atoms with Crippen LogP contribution in [0.1, 0.15) is 11.1 Å². The number of thioether (sulfide) groups is 1. The van der Waals surface area contributed by atoms with Gasteiger partial charge in [-0.2, -0.15) is 5.10 Å². The van der Waals surface area contributed by atoms with E-state index in [0.29, 0.717) is 37.7 Å². The van der Waals surface area contributed by atoms with Crippen molar-refractivity contribution in [1.29, 1.82) is 0 Å². The number of aromatic nitrogens is 4. The Morgan fingerprint density at radius 1 is 1.19 bits per heavy atom. The second-order valence-corrected chi connectivity index (χ2v) is 7.76. The number of nitrogens with zero attached hydrogens (tertiary/aromatic N) is 3. The van der Waals surface area contributed by atoms with Gasteiger partial charge in [0.15, 0.2) is 10.8 Å². The van der Waals surface area contributed by atoms with Crippen LogP contribution in [0, 0.1) is 6.92 Å². The molecule has 0 radical (unpaired) electrons. The Balaban J connectivity index is 1.87. The molecule has 0 saturated carbocycles. The van der Waals surface area contributed by atoms with E-state index in [1.54, 1.807) is 16.7 Å². The van der Waals surface area contributed by atoms with Gasteiger partial charge in [-0.15, -0.1) is 0 Å². The van der Waals surface area contributed by atoms with Crippen LogP contribution in [0.2, 0.25) is 10.0 Å². The highest BCUT2D eigenvalue weighted by atomic mass is 35.5. The number of hydrogen-bond donors (Lipinski definition) is 1. The minimum absolute atomic E-state index is 0.194. The molecule has 27 heavy (non-hydrogen) atoms. The molecular weight excluding hydrogens is 403 g/mol. The predicted molar refractivity (Wildman–Crippen MR) is 110 cm³/mol. The molecule has 2 aromatic heterocycles. The molecule has 2 aromatic carbocycles. The fourth-order valence-electron chi connectivity index (χ4n) is 2.76. The maximum absolute atomic E-state index is 13.1. The summed E-state index contributed by atoms with van der Waals surface area (Å²) in [5.41, 5.74) is 2.85. The molecule has 0 atom stereocenters. The first-order chi connectivity index (χ1) is 13.0. The van der Waals surface area contributed by atoms with Crippen LogP contribution in [0.5, 0.6) is 0 Å². The number of benzene rings is 2. The van der Waals surface area contributed by atoms with Gasteiger partial charge >= 0.3 is 0 Å². The van der Waals surface area contributed by atoms with Crippen LogP contribution in [0.4, 0.5) is 0 Å². The normalized spacial score (nSPS) is 11.2. The van der Waals surface area contributed by atoms with Gasteiger partial charge in [-0.1, -0.05) is 59.2 Å². The van der Waals surface area contributed by atoms with Crippen molar-refractivity contribution in [3.05, 3.63) is 80.2 Å². The zero-order chi connectivity index (χ0) is 19.0. The lowest BCUT2D eigenvalue weighted by molar-refractivity contribution is 0.811. The summed E-state index contributed by atoms with van der Waals surface area (Å²) in [7, 11) is 0. The van der Waals surface area contributed by atoms with E-state index in [1.807, 2.05) is 37.3 Å². The molecule has 0 aliphatic heterocycles. The summed E-state index contributed by atoms with van der Waals surface area (Å²) in [6.45, 7) is 1.93. The number of aryl methyl sites for hydroxylation is 1. The first-order valence-corrected chi connectivity index (χ1v) is 9.87. The van der Waals surface area contributed by atoms with E-state index >= 15 is 0 Å². The molecule has 0 aliphatic rings. The van der Waals surface area contributed by atoms with Gasteiger partial charge in [0.1, 0.15) is 5.39 Å². The standard InChI is InChI=1S/C19H14Cl2N4OS/c1-11-6-7-13(20)8-16(11)25-18(26)14-9-22-24-17(14)23-19(25)27-10-12-4-2-3-5-15(12)21/h2-9H,10H2,1H3,(H,22,24). The number of rotatable bonds is 4. The highest BCUT2D eigenvalue weighted by Gasteiger charge is 2.17. The largest absolute Gasteiger partial charge is 0.269 e. The number of nitrogens with one attached hydrogen (secondary N) is 1. The van der Waals surface area contributed by atoms with E-state index in [0.717, 1.165) is 11.1 Å². The minimum Gasteiger partial charge on any atom is -0.268 e. The molecule has 0 aliphatic carbocycles. The topological polar surface area (TPSA) is 63.6 Å². The quantitative estimate of drug-likeness (QED) is 0.374. The highest BCUT2D eigenvalue weighted by Crippen LogP contribution is 2.28. The summed E-state index contributed by atoms with van der Waals surface area (Å²) in [5, 5.41) is 8.93. The second kappa shape index (κ2) is 7.38. The zero-order valence-corrected chi connectivity index (χ0v) is 16.6. The average Bonchev–Trinajstić information content (AvgIpc) is 3.12. The number of hydrogen-bond acceptors (Lipinski definition) is 4. The van der Waals surface area contributed by atoms with Gasteiger partial charge in [-0.3, -0.25) is 14.5 Å². The summed E-state index contributed by atoms with van der Waals surface area (Å²) in [5.74, 6) is 0.575. The van der Waals surface area contributed by atoms with Crippen molar-refractivity contribution in [3.8, 4) is 5.69 Å². The van der Waals surface area contributed by atoms with Crippen molar-refractivity contribution >= 4 is 46.0 Å². The van der Waals surface area contributed by atoms with E-state index in [2.05, 4.69) is 15.2 Å². The maximum Gasteiger partial charge on any atom is 0.269 e. The van der Waals surface area contributed by atoms with Crippen LogP contribution < -0.4 is 5.56 Å². The second-order valence-electron chi connectivity index (χ2n) is 5.98. The van der Waals surface area contributed by atoms with Gasteiger partial charge in [0.25, 0.3) is 5.56 Å². The number of H-pyrrole nitrogens is 1. The van der Waals surface area contributed by atoms with Crippen LogP contribution in [-0.4, -0.2) is 19.7 Å². The van der Waals surface area contributed by atoms with Crippen LogP contribution in [0.25, 0.3) is 16.7 Å². The van der Waals surface area contributed by atoms with Crippen LogP contribution in [0.15, 0.2) is 58.6 Å². The van der Waals surface area contributed by atoms with Crippen molar-refractivity contribution in [2.24, 2.45) is 0 Å². The summed E-state index contributed by atoms with van der Waals surface area (Å²) >= 11 is 13.9. The Kier molecular flexibility index (Phi) is 4.95. The summed E-state index contributed by atoms with van der Waals surface area (Å²) < 4.78 is 1.58. The van der Waals surface area contributed by atoms with Crippen molar-refractivity contribution in [3.63, 3.8) is 0 Å². The van der Waals surface area contributed by atoms with E-state index < -0.39 is 0 Å². The number of aromatic amines is 1. The van der Waals surface area contributed by atoms with Crippen LogP contribution in [-0.2, 0) is 5.75 Å². The Hall–Kier alpha value is -2.28. The predicted octanol–water partition coefficient (Wildman–Crippen LogP) is 5.02. The van der Waals surface area contributed by atoms with Crippen molar-refractivity contribution in [1.82, 2.24) is 19.7 Å². The lowest BCUT2D eigenvalue weighted by Crippen LogP contribution is -2.22. The molecule has 5 nitrogen and oxygen atoms in total. The Morgan fingerprint density at radius 2 is 2.00 bits per heavy atom. The van der Waals surface area contributed by atoms with E-state index in [1.165, 1.54) is 18.0 Å². The minimum atomic E-state index is -0.194. The smallest absolute Gasteiger partial charge is 0.268 e. The SMILES string of the molecule is Cc1ccc(Cl)cc1-n1c(SCc2ccccc2Cl)nc2[nH]ncc2c1=O. The lowest BCUT2D eigenvalue weighted by atomic mass is 10.2. The summed E-state index contributed by atoms with van der Waals surface area (Å²) in [6, 6.07) is 13.1. The monoisotopic (exact) mass is 416 g/mol. The molecule has 0 saturated heterocycles. The Bertz CT molecular complexity index is 1200. The molecule has 136 valence electrons. The fraction of sp³-hybridized carbons (Fsp3) is 0.105. The molecule has 0 amide bonds. The molecule has 0 spiro atoms. The van der Waals surface area contributed by atoms with Crippen molar-refractivity contribution < 1.29 is 0 Å². The van der Waals surface area contributed by atoms with Crippen LogP contribution in [0.3, 0.4) is 0 Å². The van der Waals surface area contributed by atoms with Gasteiger partial charge in [0.05, 0.1) is 11.9 Å².